The molecule has 3 unspecified atom stereocenters. The number of thiazole rings is 1. The Morgan fingerprint density at radius 1 is 1.62 bits per heavy atom. The summed E-state index contributed by atoms with van der Waals surface area (Å²) in [6, 6.07) is 0. The Kier molecular flexibility index (Phi) is 4.32. The summed E-state index contributed by atoms with van der Waals surface area (Å²) in [4.78, 5) is 4.33. The molecule has 1 aromatic rings. The summed E-state index contributed by atoms with van der Waals surface area (Å²) >= 11 is 1.73. The number of rotatable bonds is 5. The fraction of sp³-hybridized carbons (Fsp3) is 0.750. The van der Waals surface area contributed by atoms with Crippen molar-refractivity contribution in [1.82, 2.24) is 10.3 Å². The van der Waals surface area contributed by atoms with E-state index in [4.69, 9.17) is 4.74 Å². The quantitative estimate of drug-likeness (QED) is 0.858. The van der Waals surface area contributed by atoms with Gasteiger partial charge in [0.25, 0.3) is 0 Å². The van der Waals surface area contributed by atoms with Crippen LogP contribution in [0.1, 0.15) is 37.6 Å². The third kappa shape index (κ3) is 3.27. The molecule has 0 amide bonds. The van der Waals surface area contributed by atoms with Gasteiger partial charge in [-0.15, -0.1) is 11.3 Å². The first-order valence-electron chi connectivity index (χ1n) is 6.01. The van der Waals surface area contributed by atoms with Crippen LogP contribution in [0.15, 0.2) is 11.6 Å². The minimum absolute atomic E-state index is 0.415. The minimum atomic E-state index is 0.415. The van der Waals surface area contributed by atoms with E-state index in [-0.39, 0.29) is 0 Å². The van der Waals surface area contributed by atoms with E-state index < -0.39 is 0 Å². The molecular formula is C12H20N2OS. The van der Waals surface area contributed by atoms with Crippen molar-refractivity contribution in [3.8, 4) is 0 Å². The SMILES string of the molecule is CC1CCC(CNCC(C)c2nccs2)O1. The normalized spacial score (nSPS) is 27.1. The smallest absolute Gasteiger partial charge is 0.0965 e. The second kappa shape index (κ2) is 5.75. The van der Waals surface area contributed by atoms with Gasteiger partial charge in [0.1, 0.15) is 0 Å². The predicted molar refractivity (Wildman–Crippen MR) is 67.0 cm³/mol. The first-order valence-corrected chi connectivity index (χ1v) is 6.89. The van der Waals surface area contributed by atoms with Crippen LogP contribution in [-0.2, 0) is 4.74 Å². The summed E-state index contributed by atoms with van der Waals surface area (Å²) < 4.78 is 5.76. The zero-order valence-electron chi connectivity index (χ0n) is 9.98. The van der Waals surface area contributed by atoms with E-state index in [9.17, 15) is 0 Å². The number of hydrogen-bond donors (Lipinski definition) is 1. The molecule has 1 aliphatic heterocycles. The van der Waals surface area contributed by atoms with Crippen LogP contribution in [-0.4, -0.2) is 30.3 Å². The fourth-order valence-corrected chi connectivity index (χ4v) is 2.76. The summed E-state index contributed by atoms with van der Waals surface area (Å²) in [6.07, 6.45) is 5.13. The number of hydrogen-bond acceptors (Lipinski definition) is 4. The number of nitrogens with zero attached hydrogens (tertiary/aromatic N) is 1. The molecule has 4 heteroatoms. The van der Waals surface area contributed by atoms with Crippen molar-refractivity contribution < 1.29 is 4.74 Å². The Balaban J connectivity index is 1.64. The van der Waals surface area contributed by atoms with Gasteiger partial charge in [-0.1, -0.05) is 6.92 Å². The maximum Gasteiger partial charge on any atom is 0.0965 e. The average Bonchev–Trinajstić information content (AvgIpc) is 2.89. The molecule has 1 N–H and O–H groups in total. The Hall–Kier alpha value is -0.450. The van der Waals surface area contributed by atoms with Gasteiger partial charge < -0.3 is 10.1 Å². The molecule has 16 heavy (non-hydrogen) atoms. The first kappa shape index (κ1) is 12.0. The highest BCUT2D eigenvalue weighted by molar-refractivity contribution is 7.09. The third-order valence-electron chi connectivity index (χ3n) is 3.02. The first-order chi connectivity index (χ1) is 7.75. The number of aromatic nitrogens is 1. The molecule has 0 spiro atoms. The summed E-state index contributed by atoms with van der Waals surface area (Å²) in [7, 11) is 0. The highest BCUT2D eigenvalue weighted by Gasteiger charge is 2.21. The molecule has 3 atom stereocenters. The molecule has 0 saturated carbocycles. The second-order valence-electron chi connectivity index (χ2n) is 4.58. The van der Waals surface area contributed by atoms with Crippen LogP contribution in [0.2, 0.25) is 0 Å². The largest absolute Gasteiger partial charge is 0.374 e. The van der Waals surface area contributed by atoms with Gasteiger partial charge in [0, 0.05) is 30.6 Å². The molecule has 1 aromatic heterocycles. The Bertz CT molecular complexity index is 302. The van der Waals surface area contributed by atoms with Crippen LogP contribution in [0.25, 0.3) is 0 Å². The van der Waals surface area contributed by atoms with E-state index in [1.54, 1.807) is 11.3 Å². The molecule has 2 heterocycles. The van der Waals surface area contributed by atoms with Crippen LogP contribution in [0.4, 0.5) is 0 Å². The molecule has 90 valence electrons. The van der Waals surface area contributed by atoms with Gasteiger partial charge in [0.2, 0.25) is 0 Å². The van der Waals surface area contributed by atoms with Crippen molar-refractivity contribution in [1.29, 1.82) is 0 Å². The average molecular weight is 240 g/mol. The van der Waals surface area contributed by atoms with Gasteiger partial charge in [0.05, 0.1) is 17.2 Å². The lowest BCUT2D eigenvalue weighted by Gasteiger charge is -2.14. The van der Waals surface area contributed by atoms with Gasteiger partial charge >= 0.3 is 0 Å². The van der Waals surface area contributed by atoms with E-state index in [1.165, 1.54) is 17.8 Å². The second-order valence-corrected chi connectivity index (χ2v) is 5.50. The summed E-state index contributed by atoms with van der Waals surface area (Å²) in [5, 5.41) is 6.73. The van der Waals surface area contributed by atoms with Crippen LogP contribution < -0.4 is 5.32 Å². The van der Waals surface area contributed by atoms with Gasteiger partial charge in [0.15, 0.2) is 0 Å². The highest BCUT2D eigenvalue weighted by Crippen LogP contribution is 2.19. The van der Waals surface area contributed by atoms with Crippen LogP contribution in [0.3, 0.4) is 0 Å². The van der Waals surface area contributed by atoms with Crippen molar-refractivity contribution in [3.63, 3.8) is 0 Å². The van der Waals surface area contributed by atoms with Crippen LogP contribution >= 0.6 is 11.3 Å². The maximum atomic E-state index is 5.76. The van der Waals surface area contributed by atoms with Crippen molar-refractivity contribution >= 4 is 11.3 Å². The lowest BCUT2D eigenvalue weighted by molar-refractivity contribution is 0.0560. The highest BCUT2D eigenvalue weighted by atomic mass is 32.1. The lowest BCUT2D eigenvalue weighted by atomic mass is 10.2. The van der Waals surface area contributed by atoms with E-state index in [1.807, 2.05) is 11.6 Å². The van der Waals surface area contributed by atoms with E-state index in [2.05, 4.69) is 24.1 Å². The van der Waals surface area contributed by atoms with Crippen molar-refractivity contribution in [3.05, 3.63) is 16.6 Å². The number of nitrogens with one attached hydrogen (secondary N) is 1. The monoisotopic (exact) mass is 240 g/mol. The number of ether oxygens (including phenoxy) is 1. The van der Waals surface area contributed by atoms with Gasteiger partial charge in [-0.05, 0) is 19.8 Å². The fourth-order valence-electron chi connectivity index (χ4n) is 2.06. The molecule has 1 saturated heterocycles. The predicted octanol–water partition coefficient (Wildman–Crippen LogP) is 2.40. The topological polar surface area (TPSA) is 34.2 Å². The molecule has 0 radical (unpaired) electrons. The molecule has 0 aliphatic carbocycles. The van der Waals surface area contributed by atoms with E-state index in [0.29, 0.717) is 18.1 Å². The standard InChI is InChI=1S/C12H20N2OS/c1-9(12-14-5-6-16-12)7-13-8-11-4-3-10(2)15-11/h5-6,9-11,13H,3-4,7-8H2,1-2H3. The van der Waals surface area contributed by atoms with Crippen LogP contribution in [0, 0.1) is 0 Å². The molecule has 0 aromatic carbocycles. The third-order valence-corrected chi connectivity index (χ3v) is 4.02. The van der Waals surface area contributed by atoms with Gasteiger partial charge in [-0.2, -0.15) is 0 Å². The van der Waals surface area contributed by atoms with E-state index in [0.717, 1.165) is 13.1 Å². The summed E-state index contributed by atoms with van der Waals surface area (Å²) in [6.45, 7) is 6.32. The van der Waals surface area contributed by atoms with Crippen molar-refractivity contribution in [2.24, 2.45) is 0 Å². The summed E-state index contributed by atoms with van der Waals surface area (Å²) in [5.41, 5.74) is 0. The molecule has 2 rings (SSSR count). The molecule has 1 fully saturated rings. The van der Waals surface area contributed by atoms with E-state index >= 15 is 0 Å². The van der Waals surface area contributed by atoms with Gasteiger partial charge in [-0.25, -0.2) is 4.98 Å². The summed E-state index contributed by atoms with van der Waals surface area (Å²) in [5.74, 6) is 0.499. The zero-order chi connectivity index (χ0) is 11.4. The van der Waals surface area contributed by atoms with Crippen LogP contribution in [0.5, 0.6) is 0 Å². The van der Waals surface area contributed by atoms with Crippen molar-refractivity contribution in [2.75, 3.05) is 13.1 Å². The molecule has 0 bridgehead atoms. The van der Waals surface area contributed by atoms with Gasteiger partial charge in [-0.3, -0.25) is 0 Å². The minimum Gasteiger partial charge on any atom is -0.374 e. The van der Waals surface area contributed by atoms with Crippen molar-refractivity contribution in [2.45, 2.75) is 44.8 Å². The maximum absolute atomic E-state index is 5.76. The molecule has 3 nitrogen and oxygen atoms in total. The molecule has 1 aliphatic rings. The molecular weight excluding hydrogens is 220 g/mol. The Morgan fingerprint density at radius 3 is 3.12 bits per heavy atom. The zero-order valence-corrected chi connectivity index (χ0v) is 10.8. The Labute approximate surface area is 101 Å². The lowest BCUT2D eigenvalue weighted by Crippen LogP contribution is -2.29. The Morgan fingerprint density at radius 2 is 2.50 bits per heavy atom.